The molecule has 2 rings (SSSR count). The number of carbonyl (C=O) groups excluding carboxylic acids is 2. The topological polar surface area (TPSA) is 87.2 Å². The third-order valence-electron chi connectivity index (χ3n) is 4.40. The minimum Gasteiger partial charge on any atom is -0.453 e. The molecule has 0 atom stereocenters. The number of hydrogen-bond donors (Lipinski definition) is 0. The van der Waals surface area contributed by atoms with Crippen molar-refractivity contribution >= 4 is 22.0 Å². The molecule has 0 spiro atoms. The Balaban J connectivity index is 2.01. The maximum atomic E-state index is 12.9. The van der Waals surface area contributed by atoms with Gasteiger partial charge >= 0.3 is 6.09 Å². The van der Waals surface area contributed by atoms with Gasteiger partial charge in [-0.05, 0) is 25.5 Å². The lowest BCUT2D eigenvalue weighted by atomic mass is 10.2. The molecule has 8 nitrogen and oxygen atoms in total. The van der Waals surface area contributed by atoms with Crippen molar-refractivity contribution in [3.8, 4) is 0 Å². The average Bonchev–Trinajstić information content (AvgIpc) is 2.60. The summed E-state index contributed by atoms with van der Waals surface area (Å²) >= 11 is 0. The molecule has 26 heavy (non-hydrogen) atoms. The number of amides is 2. The van der Waals surface area contributed by atoms with E-state index in [2.05, 4.69) is 4.74 Å². The SMILES string of the molecule is COC(=O)N(C)CC(=O)N1CCN(S(=O)(=O)c2ccc(C)cc2C)CC1. The summed E-state index contributed by atoms with van der Waals surface area (Å²) in [7, 11) is -0.861. The van der Waals surface area contributed by atoms with E-state index in [4.69, 9.17) is 0 Å². The van der Waals surface area contributed by atoms with E-state index < -0.39 is 16.1 Å². The molecule has 0 unspecified atom stereocenters. The van der Waals surface area contributed by atoms with E-state index >= 15 is 0 Å². The molecule has 0 aliphatic carbocycles. The number of sulfonamides is 1. The van der Waals surface area contributed by atoms with Crippen LogP contribution in [0.4, 0.5) is 4.79 Å². The first-order chi connectivity index (χ1) is 12.2. The highest BCUT2D eigenvalue weighted by Crippen LogP contribution is 2.22. The van der Waals surface area contributed by atoms with Crippen molar-refractivity contribution in [2.75, 3.05) is 46.9 Å². The monoisotopic (exact) mass is 383 g/mol. The van der Waals surface area contributed by atoms with Gasteiger partial charge in [-0.2, -0.15) is 4.31 Å². The summed E-state index contributed by atoms with van der Waals surface area (Å²) < 4.78 is 31.7. The van der Waals surface area contributed by atoms with Crippen LogP contribution in [-0.4, -0.2) is 81.4 Å². The third-order valence-corrected chi connectivity index (χ3v) is 6.46. The number of piperazine rings is 1. The maximum absolute atomic E-state index is 12.9. The second-order valence-corrected chi connectivity index (χ2v) is 8.29. The summed E-state index contributed by atoms with van der Waals surface area (Å²) in [6.07, 6.45) is -0.589. The van der Waals surface area contributed by atoms with Gasteiger partial charge in [0.2, 0.25) is 15.9 Å². The summed E-state index contributed by atoms with van der Waals surface area (Å²) in [6.45, 7) is 4.63. The highest BCUT2D eigenvalue weighted by molar-refractivity contribution is 7.89. The van der Waals surface area contributed by atoms with Gasteiger partial charge < -0.3 is 14.5 Å². The van der Waals surface area contributed by atoms with E-state index in [1.165, 1.54) is 23.4 Å². The Kier molecular flexibility index (Phi) is 6.25. The lowest BCUT2D eigenvalue weighted by molar-refractivity contribution is -0.133. The van der Waals surface area contributed by atoms with E-state index in [-0.39, 0.29) is 38.6 Å². The first-order valence-electron chi connectivity index (χ1n) is 8.31. The van der Waals surface area contributed by atoms with Crippen molar-refractivity contribution in [3.05, 3.63) is 29.3 Å². The molecular weight excluding hydrogens is 358 g/mol. The Hall–Kier alpha value is -2.13. The van der Waals surface area contributed by atoms with Crippen LogP contribution in [0.2, 0.25) is 0 Å². The number of benzene rings is 1. The van der Waals surface area contributed by atoms with E-state index in [0.29, 0.717) is 10.5 Å². The molecule has 2 amide bonds. The van der Waals surface area contributed by atoms with Gasteiger partial charge in [0.1, 0.15) is 6.54 Å². The molecule has 1 saturated heterocycles. The Morgan fingerprint density at radius 3 is 2.31 bits per heavy atom. The highest BCUT2D eigenvalue weighted by Gasteiger charge is 2.31. The van der Waals surface area contributed by atoms with Crippen molar-refractivity contribution in [1.29, 1.82) is 0 Å². The number of hydrogen-bond acceptors (Lipinski definition) is 5. The van der Waals surface area contributed by atoms with Crippen molar-refractivity contribution in [2.24, 2.45) is 0 Å². The zero-order valence-corrected chi connectivity index (χ0v) is 16.4. The minimum absolute atomic E-state index is 0.101. The number of ether oxygens (including phenoxy) is 1. The predicted molar refractivity (Wildman–Crippen MR) is 96.3 cm³/mol. The van der Waals surface area contributed by atoms with Gasteiger partial charge in [0.15, 0.2) is 0 Å². The molecule has 1 aliphatic heterocycles. The van der Waals surface area contributed by atoms with Gasteiger partial charge in [0.25, 0.3) is 0 Å². The largest absolute Gasteiger partial charge is 0.453 e. The van der Waals surface area contributed by atoms with E-state index in [1.54, 1.807) is 24.0 Å². The van der Waals surface area contributed by atoms with Crippen molar-refractivity contribution in [2.45, 2.75) is 18.7 Å². The number of nitrogens with zero attached hydrogens (tertiary/aromatic N) is 3. The van der Waals surface area contributed by atoms with Gasteiger partial charge in [0, 0.05) is 33.2 Å². The minimum atomic E-state index is -3.59. The van der Waals surface area contributed by atoms with Gasteiger partial charge in [-0.25, -0.2) is 13.2 Å². The van der Waals surface area contributed by atoms with Crippen LogP contribution in [0, 0.1) is 13.8 Å². The molecule has 1 aromatic rings. The van der Waals surface area contributed by atoms with Crippen LogP contribution in [0.1, 0.15) is 11.1 Å². The maximum Gasteiger partial charge on any atom is 0.409 e. The van der Waals surface area contributed by atoms with Crippen LogP contribution in [0.25, 0.3) is 0 Å². The summed E-state index contributed by atoms with van der Waals surface area (Å²) in [5.74, 6) is -0.235. The van der Waals surface area contributed by atoms with Crippen molar-refractivity contribution < 1.29 is 22.7 Å². The zero-order valence-electron chi connectivity index (χ0n) is 15.6. The van der Waals surface area contributed by atoms with Gasteiger partial charge in [-0.3, -0.25) is 4.79 Å². The molecule has 0 aromatic heterocycles. The van der Waals surface area contributed by atoms with E-state index in [1.807, 2.05) is 13.0 Å². The van der Waals surface area contributed by atoms with Crippen molar-refractivity contribution in [1.82, 2.24) is 14.1 Å². The van der Waals surface area contributed by atoms with Gasteiger partial charge in [-0.1, -0.05) is 17.7 Å². The molecule has 1 aromatic carbocycles. The van der Waals surface area contributed by atoms with Crippen LogP contribution in [0.5, 0.6) is 0 Å². The normalized spacial score (nSPS) is 15.6. The third kappa shape index (κ3) is 4.34. The van der Waals surface area contributed by atoms with E-state index in [9.17, 15) is 18.0 Å². The standard InChI is InChI=1S/C17H25N3O5S/c1-13-5-6-15(14(2)11-13)26(23,24)20-9-7-19(8-10-20)16(21)12-18(3)17(22)25-4/h5-6,11H,7-10,12H2,1-4H3. The molecule has 0 bridgehead atoms. The Bertz CT molecular complexity index is 786. The lowest BCUT2D eigenvalue weighted by Crippen LogP contribution is -2.52. The lowest BCUT2D eigenvalue weighted by Gasteiger charge is -2.34. The molecule has 1 fully saturated rings. The average molecular weight is 383 g/mol. The molecule has 0 saturated carbocycles. The van der Waals surface area contributed by atoms with Crippen LogP contribution >= 0.6 is 0 Å². The quantitative estimate of drug-likeness (QED) is 0.769. The highest BCUT2D eigenvalue weighted by atomic mass is 32.2. The van der Waals surface area contributed by atoms with Crippen LogP contribution < -0.4 is 0 Å². The van der Waals surface area contributed by atoms with Gasteiger partial charge in [0.05, 0.1) is 12.0 Å². The first kappa shape index (κ1) is 20.2. The van der Waals surface area contributed by atoms with Crippen molar-refractivity contribution in [3.63, 3.8) is 0 Å². The van der Waals surface area contributed by atoms with Crippen LogP contribution in [0.15, 0.2) is 23.1 Å². The number of carbonyl (C=O) groups is 2. The second-order valence-electron chi connectivity index (χ2n) is 6.38. The molecule has 0 radical (unpaired) electrons. The fraction of sp³-hybridized carbons (Fsp3) is 0.529. The molecule has 1 heterocycles. The summed E-state index contributed by atoms with van der Waals surface area (Å²) in [6, 6.07) is 5.25. The van der Waals surface area contributed by atoms with Gasteiger partial charge in [-0.15, -0.1) is 0 Å². The van der Waals surface area contributed by atoms with E-state index in [0.717, 1.165) is 5.56 Å². The Morgan fingerprint density at radius 1 is 1.15 bits per heavy atom. The summed E-state index contributed by atoms with van der Waals surface area (Å²) in [4.78, 5) is 26.7. The Labute approximate surface area is 154 Å². The smallest absolute Gasteiger partial charge is 0.409 e. The number of likely N-dealkylation sites (N-methyl/N-ethyl adjacent to an activating group) is 1. The summed E-state index contributed by atoms with van der Waals surface area (Å²) in [5.41, 5.74) is 1.72. The number of aryl methyl sites for hydroxylation is 2. The van der Waals surface area contributed by atoms with Crippen LogP contribution in [0.3, 0.4) is 0 Å². The molecule has 144 valence electrons. The predicted octanol–water partition coefficient (Wildman–Crippen LogP) is 0.835. The molecule has 1 aliphatic rings. The fourth-order valence-electron chi connectivity index (χ4n) is 2.93. The second kappa shape index (κ2) is 8.05. The molecule has 0 N–H and O–H groups in total. The number of rotatable bonds is 4. The Morgan fingerprint density at radius 2 is 1.77 bits per heavy atom. The zero-order chi connectivity index (χ0) is 19.5. The summed E-state index contributed by atoms with van der Waals surface area (Å²) in [5, 5.41) is 0. The molecular formula is C17H25N3O5S. The first-order valence-corrected chi connectivity index (χ1v) is 9.75. The fourth-order valence-corrected chi connectivity index (χ4v) is 4.56. The molecule has 9 heteroatoms. The number of methoxy groups -OCH3 is 1. The van der Waals surface area contributed by atoms with Crippen LogP contribution in [-0.2, 0) is 19.6 Å².